The van der Waals surface area contributed by atoms with Crippen LogP contribution in [0.25, 0.3) is 22.3 Å². The minimum atomic E-state index is -4.60. The first-order valence-electron chi connectivity index (χ1n) is 22.5. The van der Waals surface area contributed by atoms with Crippen molar-refractivity contribution in [1.29, 1.82) is 0 Å². The van der Waals surface area contributed by atoms with E-state index in [0.29, 0.717) is 46.6 Å². The van der Waals surface area contributed by atoms with E-state index in [-0.39, 0.29) is 38.0 Å². The van der Waals surface area contributed by atoms with Crippen LogP contribution in [-0.4, -0.2) is 86.9 Å². The van der Waals surface area contributed by atoms with Gasteiger partial charge in [0, 0.05) is 46.3 Å². The second-order valence-electron chi connectivity index (χ2n) is 18.0. The first-order valence-corrected chi connectivity index (χ1v) is 25.3. The number of thiazole rings is 1. The van der Waals surface area contributed by atoms with Crippen molar-refractivity contribution in [3.05, 3.63) is 76.7 Å². The summed E-state index contributed by atoms with van der Waals surface area (Å²) in [6.45, 7) is 5.86. The molecule has 3 fully saturated rings. The molecule has 65 heavy (non-hydrogen) atoms. The second kappa shape index (κ2) is 19.4. The number of nitrogens with zero attached hydrogens (tertiary/aromatic N) is 3. The molecule has 0 radical (unpaired) electrons. The molecule has 4 aromatic rings. The van der Waals surface area contributed by atoms with E-state index < -0.39 is 78.0 Å². The van der Waals surface area contributed by atoms with Gasteiger partial charge in [0.05, 0.1) is 31.0 Å². The van der Waals surface area contributed by atoms with Gasteiger partial charge in [-0.05, 0) is 96.4 Å². The third-order valence-corrected chi connectivity index (χ3v) is 16.4. The molecule has 14 nitrogen and oxygen atoms in total. The lowest BCUT2D eigenvalue weighted by Crippen LogP contribution is -2.55. The molecule has 3 amide bonds. The standard InChI is InChI=1S/C47H57F2N6O8PS/c1-27(2)50-45-52-38(26-65-45)37-22-41(32-19-20-40(61-4)28(3)42(32)51-37)62-31-21-39-43(56)54-47(64(59,60)25-33-34(48)16-12-17-35(33)49)23-29(47)13-8-6-5-7-9-18-36(44(57)55(39)24-31)53-46(58)63-30-14-10-11-15-30/h8,12-13,16-17,19-20,22,26-27,29-31,36,39H,5-7,9-11,14-15,18,21,23-25H2,1-4H3,(H,50,52)(H,53,58)(H,54,56)(H,59,60)/b13-8-/t29-,31-,36+,39+,47+/m1/s1. The Morgan fingerprint density at radius 3 is 2.52 bits per heavy atom. The highest BCUT2D eigenvalue weighted by Crippen LogP contribution is 2.71. The largest absolute Gasteiger partial charge is 0.496 e. The Bertz CT molecular complexity index is 2500. The fraction of sp³-hybridized carbons (Fsp3) is 0.511. The number of fused-ring (bicyclic) bond motifs is 3. The van der Waals surface area contributed by atoms with Crippen LogP contribution < -0.4 is 25.4 Å². The SMILES string of the molecule is COc1ccc2c(O[C@@H]3C[C@H]4C(=O)N[C@]5(P(=O)(O)Cc6c(F)cccc6F)C[C@H]5/C=C\CCCCC[C@H](NC(=O)OC5CCCC5)C(=O)N4C3)cc(-c3csc(NC(C)C)n3)nc2c1C. The fourth-order valence-corrected chi connectivity index (χ4v) is 12.6. The van der Waals surface area contributed by atoms with Crippen molar-refractivity contribution >= 4 is 52.6 Å². The highest BCUT2D eigenvalue weighted by atomic mass is 32.1. The zero-order valence-corrected chi connectivity index (χ0v) is 38.8. The van der Waals surface area contributed by atoms with Crippen molar-refractivity contribution in [1.82, 2.24) is 25.5 Å². The maximum absolute atomic E-state index is 15.0. The number of methoxy groups -OCH3 is 1. The molecule has 8 rings (SSSR count). The molecule has 0 bridgehead atoms. The number of aryl methyl sites for hydroxylation is 1. The Morgan fingerprint density at radius 2 is 1.78 bits per heavy atom. The number of benzene rings is 2. The first-order chi connectivity index (χ1) is 31.2. The molecule has 4 aliphatic rings. The number of nitrogens with one attached hydrogen (secondary N) is 3. The van der Waals surface area contributed by atoms with Gasteiger partial charge in [0.25, 0.3) is 0 Å². The molecule has 1 saturated heterocycles. The van der Waals surface area contributed by atoms with E-state index in [1.165, 1.54) is 22.3 Å². The molecule has 0 spiro atoms. The topological polar surface area (TPSA) is 181 Å². The third-order valence-electron chi connectivity index (χ3n) is 13.0. The quantitative estimate of drug-likeness (QED) is 0.0833. The van der Waals surface area contributed by atoms with Crippen LogP contribution in [0, 0.1) is 24.5 Å². The summed E-state index contributed by atoms with van der Waals surface area (Å²) in [5.41, 5.74) is 1.97. The molecular weight excluding hydrogens is 878 g/mol. The van der Waals surface area contributed by atoms with Gasteiger partial charge in [0.1, 0.15) is 58.4 Å². The van der Waals surface area contributed by atoms with Crippen LogP contribution in [0.2, 0.25) is 0 Å². The zero-order valence-electron chi connectivity index (χ0n) is 37.1. The van der Waals surface area contributed by atoms with Crippen molar-refractivity contribution in [2.24, 2.45) is 5.92 Å². The summed E-state index contributed by atoms with van der Waals surface area (Å²) in [5, 5.41) is 10.5. The van der Waals surface area contributed by atoms with E-state index >= 15 is 0 Å². The lowest BCUT2D eigenvalue weighted by molar-refractivity contribution is -0.140. The number of aromatic nitrogens is 2. The minimum Gasteiger partial charge on any atom is -0.496 e. The Kier molecular flexibility index (Phi) is 13.8. The summed E-state index contributed by atoms with van der Waals surface area (Å²) in [7, 11) is -3.02. The summed E-state index contributed by atoms with van der Waals surface area (Å²) < 4.78 is 62.6. The predicted molar refractivity (Wildman–Crippen MR) is 244 cm³/mol. The molecule has 2 aromatic carbocycles. The molecule has 1 unspecified atom stereocenters. The fourth-order valence-electron chi connectivity index (χ4n) is 9.40. The Hall–Kier alpha value is -5.12. The number of pyridine rings is 1. The molecule has 4 N–H and O–H groups in total. The van der Waals surface area contributed by atoms with E-state index in [9.17, 15) is 32.6 Å². The molecule has 2 aromatic heterocycles. The number of anilines is 1. The van der Waals surface area contributed by atoms with E-state index in [0.717, 1.165) is 61.4 Å². The molecule has 4 heterocycles. The number of amides is 3. The Morgan fingerprint density at radius 1 is 1.03 bits per heavy atom. The van der Waals surface area contributed by atoms with Crippen LogP contribution in [0.4, 0.5) is 18.7 Å². The van der Waals surface area contributed by atoms with Crippen LogP contribution in [0.5, 0.6) is 11.5 Å². The van der Waals surface area contributed by atoms with Crippen LogP contribution in [0.3, 0.4) is 0 Å². The monoisotopic (exact) mass is 934 g/mol. The highest BCUT2D eigenvalue weighted by molar-refractivity contribution is 7.59. The smallest absolute Gasteiger partial charge is 0.408 e. The van der Waals surface area contributed by atoms with Crippen molar-refractivity contribution in [2.45, 2.75) is 133 Å². The van der Waals surface area contributed by atoms with Crippen molar-refractivity contribution in [2.75, 3.05) is 19.0 Å². The van der Waals surface area contributed by atoms with Crippen molar-refractivity contribution in [3.8, 4) is 22.9 Å². The van der Waals surface area contributed by atoms with Gasteiger partial charge in [-0.15, -0.1) is 11.3 Å². The van der Waals surface area contributed by atoms with E-state index in [2.05, 4.69) is 16.0 Å². The van der Waals surface area contributed by atoms with Gasteiger partial charge in [-0.25, -0.2) is 23.5 Å². The molecule has 6 atom stereocenters. The van der Waals surface area contributed by atoms with Crippen LogP contribution >= 0.6 is 18.7 Å². The Labute approximate surface area is 381 Å². The van der Waals surface area contributed by atoms with Crippen LogP contribution in [0.15, 0.2) is 53.9 Å². The average Bonchev–Trinajstić information content (AvgIpc) is 3.68. The van der Waals surface area contributed by atoms with Gasteiger partial charge in [-0.1, -0.05) is 31.1 Å². The number of hydrogen-bond donors (Lipinski definition) is 4. The summed E-state index contributed by atoms with van der Waals surface area (Å²) in [5.74, 6) is -2.74. The number of allylic oxidation sites excluding steroid dienone is 1. The second-order valence-corrected chi connectivity index (χ2v) is 21.3. The number of halogens is 2. The number of ether oxygens (including phenoxy) is 3. The van der Waals surface area contributed by atoms with Gasteiger partial charge in [-0.3, -0.25) is 14.2 Å². The summed E-state index contributed by atoms with van der Waals surface area (Å²) >= 11 is 1.44. The number of alkyl carbamates (subject to hydrolysis) is 1. The summed E-state index contributed by atoms with van der Waals surface area (Å²) in [6, 6.07) is 6.55. The number of rotatable bonds is 11. The lowest BCUT2D eigenvalue weighted by atomic mass is 10.0. The third kappa shape index (κ3) is 10.0. The van der Waals surface area contributed by atoms with Gasteiger partial charge < -0.3 is 40.0 Å². The van der Waals surface area contributed by atoms with Crippen LogP contribution in [0.1, 0.15) is 95.6 Å². The molecule has 18 heteroatoms. The highest BCUT2D eigenvalue weighted by Gasteiger charge is 2.66. The Balaban J connectivity index is 1.15. The van der Waals surface area contributed by atoms with Gasteiger partial charge in [0.2, 0.25) is 19.2 Å². The zero-order chi connectivity index (χ0) is 46.0. The number of hydrogen-bond acceptors (Lipinski definition) is 11. The molecule has 2 aliphatic carbocycles. The van der Waals surface area contributed by atoms with E-state index in [4.69, 9.17) is 24.2 Å². The maximum Gasteiger partial charge on any atom is 0.408 e. The van der Waals surface area contributed by atoms with Gasteiger partial charge >= 0.3 is 6.09 Å². The molecule has 2 aliphatic heterocycles. The predicted octanol–water partition coefficient (Wildman–Crippen LogP) is 8.98. The van der Waals surface area contributed by atoms with Gasteiger partial charge in [-0.2, -0.15) is 0 Å². The molecule has 2 saturated carbocycles. The van der Waals surface area contributed by atoms with Crippen LogP contribution in [-0.2, 0) is 25.1 Å². The van der Waals surface area contributed by atoms with E-state index in [1.54, 1.807) is 19.3 Å². The molecular formula is C47H57F2N6O8PS. The summed E-state index contributed by atoms with van der Waals surface area (Å²) in [4.78, 5) is 66.0. The van der Waals surface area contributed by atoms with Crippen molar-refractivity contribution < 1.29 is 46.8 Å². The maximum atomic E-state index is 15.0. The lowest BCUT2D eigenvalue weighted by Gasteiger charge is -2.31. The van der Waals surface area contributed by atoms with E-state index in [1.807, 2.05) is 44.4 Å². The van der Waals surface area contributed by atoms with Gasteiger partial charge in [0.15, 0.2) is 5.13 Å². The number of carbonyl (C=O) groups excluding carboxylic acids is 3. The summed E-state index contributed by atoms with van der Waals surface area (Å²) in [6.07, 6.45) is 7.44. The number of carbonyl (C=O) groups is 3. The molecule has 348 valence electrons. The normalized spacial score (nSPS) is 25.4. The average molecular weight is 935 g/mol. The first kappa shape index (κ1) is 46.4. The minimum absolute atomic E-state index is 0.0293. The van der Waals surface area contributed by atoms with Crippen molar-refractivity contribution in [3.63, 3.8) is 0 Å².